The van der Waals surface area contributed by atoms with Gasteiger partial charge in [-0.05, 0) is 44.2 Å². The average molecular weight is 460 g/mol. The van der Waals surface area contributed by atoms with E-state index in [2.05, 4.69) is 25.8 Å². The Kier molecular flexibility index (Phi) is 17.1. The Bertz CT molecular complexity index is 760. The van der Waals surface area contributed by atoms with E-state index in [0.29, 0.717) is 6.61 Å². The molecule has 3 N–H and O–H groups in total. The minimum atomic E-state index is -4.39. The van der Waals surface area contributed by atoms with Gasteiger partial charge >= 0.3 is 6.18 Å². The molecule has 0 unspecified atom stereocenters. The summed E-state index contributed by atoms with van der Waals surface area (Å²) in [7, 11) is 4.87. The zero-order chi connectivity index (χ0) is 25.2. The van der Waals surface area contributed by atoms with E-state index in [-0.39, 0.29) is 11.8 Å². The standard InChI is InChI=1S/C17H20F3N3O2.C2H4O.CH5N.CH2O/c1-11-6-13(7-15(21-2)23-11)14(9-24-3)12-4-5-16(22-8-12)25-10-17(18,19)20;1-2-3;2*1-2/h4-8,14H,9-10H2,1-3H3,(H,21,23);2H,1H3;2H2,1H3;1H2/t14-;;;/m1.../s1. The molecule has 0 bridgehead atoms. The molecule has 1 atom stereocenters. The molecule has 0 amide bonds. The van der Waals surface area contributed by atoms with Gasteiger partial charge < -0.3 is 30.1 Å². The van der Waals surface area contributed by atoms with Crippen molar-refractivity contribution in [2.24, 2.45) is 5.73 Å². The Morgan fingerprint density at radius 3 is 2.25 bits per heavy atom. The highest BCUT2D eigenvalue weighted by molar-refractivity contribution is 5.44. The Hall–Kier alpha value is -3.05. The van der Waals surface area contributed by atoms with Crippen molar-refractivity contribution in [2.75, 3.05) is 39.7 Å². The maximum atomic E-state index is 12.2. The van der Waals surface area contributed by atoms with E-state index >= 15 is 0 Å². The van der Waals surface area contributed by atoms with Crippen LogP contribution in [-0.4, -0.2) is 63.6 Å². The lowest BCUT2D eigenvalue weighted by atomic mass is 9.93. The van der Waals surface area contributed by atoms with E-state index in [1.165, 1.54) is 26.2 Å². The number of anilines is 1. The number of alkyl halides is 3. The number of halogens is 3. The summed E-state index contributed by atoms with van der Waals surface area (Å²) in [5.74, 6) is 0.538. The SMILES string of the molecule is C=O.CC=O.CN.CNc1cc([C@H](COC)c2ccc(OCC(F)(F)F)nc2)cc(C)n1. The summed E-state index contributed by atoms with van der Waals surface area (Å²) in [6.45, 7) is 4.37. The number of carbonyl (C=O) groups is 2. The van der Waals surface area contributed by atoms with Crippen LogP contribution in [0.15, 0.2) is 30.5 Å². The van der Waals surface area contributed by atoms with E-state index in [9.17, 15) is 13.2 Å². The monoisotopic (exact) mass is 460 g/mol. The van der Waals surface area contributed by atoms with Crippen molar-refractivity contribution in [1.29, 1.82) is 0 Å². The van der Waals surface area contributed by atoms with Gasteiger partial charge in [-0.1, -0.05) is 6.07 Å². The number of rotatable bonds is 7. The summed E-state index contributed by atoms with van der Waals surface area (Å²) >= 11 is 0. The van der Waals surface area contributed by atoms with Crippen molar-refractivity contribution in [3.8, 4) is 5.88 Å². The Morgan fingerprint density at radius 1 is 1.22 bits per heavy atom. The molecule has 0 fully saturated rings. The maximum Gasteiger partial charge on any atom is 0.422 e. The molecule has 2 aromatic heterocycles. The van der Waals surface area contributed by atoms with Gasteiger partial charge in [0.2, 0.25) is 5.88 Å². The van der Waals surface area contributed by atoms with E-state index < -0.39 is 12.8 Å². The topological polar surface area (TPSA) is 116 Å². The number of carbonyl (C=O) groups excluding carboxylic acids is 2. The second-order valence-corrected chi connectivity index (χ2v) is 5.75. The van der Waals surface area contributed by atoms with Crippen LogP contribution in [0, 0.1) is 6.92 Å². The van der Waals surface area contributed by atoms with Crippen LogP contribution in [-0.2, 0) is 14.3 Å². The van der Waals surface area contributed by atoms with Crippen molar-refractivity contribution < 1.29 is 32.2 Å². The number of hydrogen-bond acceptors (Lipinski definition) is 8. The number of aryl methyl sites for hydroxylation is 1. The highest BCUT2D eigenvalue weighted by Gasteiger charge is 2.28. The van der Waals surface area contributed by atoms with Crippen molar-refractivity contribution >= 4 is 18.9 Å². The Labute approximate surface area is 186 Å². The molecule has 0 aliphatic carbocycles. The lowest BCUT2D eigenvalue weighted by molar-refractivity contribution is -0.154. The summed E-state index contributed by atoms with van der Waals surface area (Å²) in [4.78, 5) is 25.1. The number of aromatic nitrogens is 2. The summed E-state index contributed by atoms with van der Waals surface area (Å²) in [5, 5.41) is 3.00. The third-order valence-corrected chi connectivity index (χ3v) is 3.51. The van der Waals surface area contributed by atoms with Crippen molar-refractivity contribution in [3.63, 3.8) is 0 Å². The molecule has 0 saturated heterocycles. The fourth-order valence-electron chi connectivity index (χ4n) is 2.42. The number of hydrogen-bond donors (Lipinski definition) is 2. The molecule has 0 aliphatic rings. The van der Waals surface area contributed by atoms with Crippen LogP contribution in [0.25, 0.3) is 0 Å². The first-order valence-electron chi connectivity index (χ1n) is 9.31. The fourth-order valence-corrected chi connectivity index (χ4v) is 2.42. The molecule has 0 aromatic carbocycles. The first-order chi connectivity index (χ1) is 15.2. The summed E-state index contributed by atoms with van der Waals surface area (Å²) in [6.07, 6.45) is -2.14. The highest BCUT2D eigenvalue weighted by atomic mass is 19.4. The van der Waals surface area contributed by atoms with Crippen LogP contribution in [0.2, 0.25) is 0 Å². The second kappa shape index (κ2) is 17.6. The minimum Gasteiger partial charge on any atom is -0.468 e. The molecule has 0 aliphatic heterocycles. The number of nitrogens with zero attached hydrogens (tertiary/aromatic N) is 2. The fraction of sp³-hybridized carbons (Fsp3) is 0.429. The molecular formula is C21H31F3N4O4. The molecule has 2 aromatic rings. The lowest BCUT2D eigenvalue weighted by Crippen LogP contribution is -2.19. The summed E-state index contributed by atoms with van der Waals surface area (Å²) in [5.41, 5.74) is 7.14. The van der Waals surface area contributed by atoms with Gasteiger partial charge in [-0.2, -0.15) is 13.2 Å². The van der Waals surface area contributed by atoms with Gasteiger partial charge in [0.05, 0.1) is 6.61 Å². The van der Waals surface area contributed by atoms with Gasteiger partial charge in [-0.3, -0.25) is 0 Å². The minimum absolute atomic E-state index is 0.0703. The van der Waals surface area contributed by atoms with Crippen LogP contribution in [0.3, 0.4) is 0 Å². The molecule has 2 heterocycles. The van der Waals surface area contributed by atoms with Crippen LogP contribution < -0.4 is 15.8 Å². The Morgan fingerprint density at radius 2 is 1.81 bits per heavy atom. The van der Waals surface area contributed by atoms with Gasteiger partial charge in [-0.15, -0.1) is 0 Å². The number of methoxy groups -OCH3 is 1. The van der Waals surface area contributed by atoms with Crippen molar-refractivity contribution in [2.45, 2.75) is 25.9 Å². The number of nitrogens with one attached hydrogen (secondary N) is 1. The molecule has 8 nitrogen and oxygen atoms in total. The number of nitrogens with two attached hydrogens (primary N) is 1. The molecule has 180 valence electrons. The maximum absolute atomic E-state index is 12.2. The van der Waals surface area contributed by atoms with Gasteiger partial charge in [0, 0.05) is 38.0 Å². The number of pyridine rings is 2. The summed E-state index contributed by atoms with van der Waals surface area (Å²) in [6, 6.07) is 6.97. The van der Waals surface area contributed by atoms with Gasteiger partial charge in [0.1, 0.15) is 18.9 Å². The van der Waals surface area contributed by atoms with Crippen LogP contribution in [0.5, 0.6) is 5.88 Å². The Balaban J connectivity index is 0. The normalized spacial score (nSPS) is 10.7. The first kappa shape index (κ1) is 31.1. The average Bonchev–Trinajstić information content (AvgIpc) is 2.79. The van der Waals surface area contributed by atoms with E-state index in [4.69, 9.17) is 14.3 Å². The number of ether oxygens (including phenoxy) is 2. The quantitative estimate of drug-likeness (QED) is 0.606. The van der Waals surface area contributed by atoms with Crippen LogP contribution in [0.4, 0.5) is 19.0 Å². The zero-order valence-corrected chi connectivity index (χ0v) is 18.9. The van der Waals surface area contributed by atoms with Gasteiger partial charge in [0.15, 0.2) is 6.61 Å². The van der Waals surface area contributed by atoms with E-state index in [1.54, 1.807) is 20.2 Å². The molecule has 0 radical (unpaired) electrons. The molecule has 2 rings (SSSR count). The zero-order valence-electron chi connectivity index (χ0n) is 18.9. The highest BCUT2D eigenvalue weighted by Crippen LogP contribution is 2.28. The smallest absolute Gasteiger partial charge is 0.422 e. The molecule has 11 heteroatoms. The van der Waals surface area contributed by atoms with Crippen LogP contribution >= 0.6 is 0 Å². The van der Waals surface area contributed by atoms with Crippen LogP contribution in [0.1, 0.15) is 29.7 Å². The largest absolute Gasteiger partial charge is 0.468 e. The third kappa shape index (κ3) is 12.6. The molecular weight excluding hydrogens is 429 g/mol. The van der Waals surface area contributed by atoms with E-state index in [1.807, 2.05) is 25.8 Å². The first-order valence-corrected chi connectivity index (χ1v) is 9.31. The van der Waals surface area contributed by atoms with Crippen molar-refractivity contribution in [3.05, 3.63) is 47.3 Å². The van der Waals surface area contributed by atoms with Crippen molar-refractivity contribution in [1.82, 2.24) is 9.97 Å². The molecule has 32 heavy (non-hydrogen) atoms. The predicted octanol–water partition coefficient (Wildman–Crippen LogP) is 3.14. The lowest BCUT2D eigenvalue weighted by Gasteiger charge is -2.18. The third-order valence-electron chi connectivity index (χ3n) is 3.51. The molecule has 0 saturated carbocycles. The number of aldehydes is 1. The molecule has 0 spiro atoms. The second-order valence-electron chi connectivity index (χ2n) is 5.75. The van der Waals surface area contributed by atoms with E-state index in [0.717, 1.165) is 28.9 Å². The van der Waals surface area contributed by atoms with Gasteiger partial charge in [0.25, 0.3) is 0 Å². The summed E-state index contributed by atoms with van der Waals surface area (Å²) < 4.78 is 46.5. The predicted molar refractivity (Wildman–Crippen MR) is 117 cm³/mol. The van der Waals surface area contributed by atoms with Gasteiger partial charge in [-0.25, -0.2) is 9.97 Å².